The molecule has 0 radical (unpaired) electrons. The summed E-state index contributed by atoms with van der Waals surface area (Å²) in [5, 5.41) is 3.16. The van der Waals surface area contributed by atoms with Crippen LogP contribution in [0, 0.1) is 6.92 Å². The Morgan fingerprint density at radius 2 is 1.62 bits per heavy atom. The van der Waals surface area contributed by atoms with Crippen LogP contribution in [0.2, 0.25) is 5.02 Å². The van der Waals surface area contributed by atoms with E-state index in [4.69, 9.17) is 21.1 Å². The number of hydrogen-bond acceptors (Lipinski definition) is 6. The van der Waals surface area contributed by atoms with Gasteiger partial charge in [0.1, 0.15) is 12.6 Å². The number of amides is 2. The van der Waals surface area contributed by atoms with Crippen LogP contribution in [0.15, 0.2) is 71.6 Å². The lowest BCUT2D eigenvalue weighted by Crippen LogP contribution is -2.51. The molecule has 3 rings (SSSR count). The first-order valence-corrected chi connectivity index (χ1v) is 14.5. The summed E-state index contributed by atoms with van der Waals surface area (Å²) in [7, 11) is -1.41. The highest BCUT2D eigenvalue weighted by molar-refractivity contribution is 7.92. The van der Waals surface area contributed by atoms with E-state index >= 15 is 0 Å². The molecule has 9 nitrogen and oxygen atoms in total. The van der Waals surface area contributed by atoms with Gasteiger partial charge in [-0.1, -0.05) is 47.5 Å². The highest BCUT2D eigenvalue weighted by Gasteiger charge is 2.33. The molecule has 0 fully saturated rings. The number of carbonyl (C=O) groups is 2. The van der Waals surface area contributed by atoms with Gasteiger partial charge in [0.25, 0.3) is 10.0 Å². The molecule has 0 bridgehead atoms. The molecule has 3 aromatic rings. The number of hydrogen-bond donors (Lipinski definition) is 1. The van der Waals surface area contributed by atoms with Gasteiger partial charge in [0.15, 0.2) is 11.5 Å². The fraction of sp³-hybridized carbons (Fsp3) is 0.310. The fourth-order valence-corrected chi connectivity index (χ4v) is 5.68. The number of nitrogens with zero attached hydrogens (tertiary/aromatic N) is 2. The molecule has 214 valence electrons. The maximum absolute atomic E-state index is 14.0. The maximum atomic E-state index is 14.0. The highest BCUT2D eigenvalue weighted by Crippen LogP contribution is 2.32. The predicted molar refractivity (Wildman–Crippen MR) is 155 cm³/mol. The van der Waals surface area contributed by atoms with Crippen molar-refractivity contribution in [2.45, 2.75) is 38.3 Å². The molecule has 0 saturated heterocycles. The van der Waals surface area contributed by atoms with E-state index in [1.54, 1.807) is 62.4 Å². The number of nitrogens with one attached hydrogen (secondary N) is 1. The third-order valence-corrected chi connectivity index (χ3v) is 8.50. The average Bonchev–Trinajstić information content (AvgIpc) is 2.95. The van der Waals surface area contributed by atoms with Crippen molar-refractivity contribution in [1.29, 1.82) is 0 Å². The Hall–Kier alpha value is -3.76. The minimum atomic E-state index is -4.27. The van der Waals surface area contributed by atoms with Crippen LogP contribution >= 0.6 is 11.6 Å². The second-order valence-corrected chi connectivity index (χ2v) is 11.3. The Kier molecular flexibility index (Phi) is 10.4. The zero-order chi connectivity index (χ0) is 29.4. The van der Waals surface area contributed by atoms with Crippen molar-refractivity contribution >= 4 is 39.1 Å². The van der Waals surface area contributed by atoms with Crippen LogP contribution in [0.4, 0.5) is 5.69 Å². The second kappa shape index (κ2) is 13.5. The van der Waals surface area contributed by atoms with Crippen LogP contribution in [-0.4, -0.2) is 58.5 Å². The number of halogens is 1. The van der Waals surface area contributed by atoms with Crippen molar-refractivity contribution < 1.29 is 27.5 Å². The van der Waals surface area contributed by atoms with E-state index in [1.165, 1.54) is 37.3 Å². The Balaban J connectivity index is 2.08. The molecule has 0 spiro atoms. The van der Waals surface area contributed by atoms with Gasteiger partial charge in [-0.25, -0.2) is 8.42 Å². The lowest BCUT2D eigenvalue weighted by molar-refractivity contribution is -0.139. The van der Waals surface area contributed by atoms with Crippen molar-refractivity contribution in [2.75, 3.05) is 31.6 Å². The number of anilines is 1. The molecule has 1 atom stereocenters. The molecule has 0 saturated carbocycles. The second-order valence-electron chi connectivity index (χ2n) is 9.05. The first kappa shape index (κ1) is 30.8. The Morgan fingerprint density at radius 3 is 2.23 bits per heavy atom. The number of benzene rings is 3. The monoisotopic (exact) mass is 587 g/mol. The number of likely N-dealkylation sites (N-methyl/N-ethyl adjacent to an activating group) is 1. The number of rotatable bonds is 12. The van der Waals surface area contributed by atoms with Crippen LogP contribution in [0.3, 0.4) is 0 Å². The van der Waals surface area contributed by atoms with E-state index in [-0.39, 0.29) is 28.8 Å². The quantitative estimate of drug-likeness (QED) is 0.336. The van der Waals surface area contributed by atoms with Gasteiger partial charge in [0.2, 0.25) is 11.8 Å². The summed E-state index contributed by atoms with van der Waals surface area (Å²) in [4.78, 5) is 28.0. The minimum absolute atomic E-state index is 0.00888. The molecule has 0 aliphatic rings. The van der Waals surface area contributed by atoms with Gasteiger partial charge in [-0.3, -0.25) is 13.9 Å². The third-order valence-electron chi connectivity index (χ3n) is 6.36. The summed E-state index contributed by atoms with van der Waals surface area (Å²) in [6.07, 6.45) is 0. The largest absolute Gasteiger partial charge is 0.493 e. The van der Waals surface area contributed by atoms with Crippen molar-refractivity contribution in [3.63, 3.8) is 0 Å². The van der Waals surface area contributed by atoms with Crippen LogP contribution in [0.5, 0.6) is 11.5 Å². The Labute approximate surface area is 240 Å². The normalized spacial score (nSPS) is 11.8. The van der Waals surface area contributed by atoms with Crippen molar-refractivity contribution in [1.82, 2.24) is 10.2 Å². The molecular formula is C29H34ClN3O6S. The van der Waals surface area contributed by atoms with Gasteiger partial charge in [0, 0.05) is 24.2 Å². The van der Waals surface area contributed by atoms with Crippen LogP contribution in [-0.2, 0) is 26.2 Å². The van der Waals surface area contributed by atoms with E-state index in [0.29, 0.717) is 22.9 Å². The smallest absolute Gasteiger partial charge is 0.264 e. The van der Waals surface area contributed by atoms with Crippen molar-refractivity contribution in [2.24, 2.45) is 0 Å². The van der Waals surface area contributed by atoms with Gasteiger partial charge in [-0.05, 0) is 56.7 Å². The zero-order valence-corrected chi connectivity index (χ0v) is 24.8. The van der Waals surface area contributed by atoms with Gasteiger partial charge in [0.05, 0.1) is 24.8 Å². The molecule has 1 N–H and O–H groups in total. The average molecular weight is 588 g/mol. The summed E-state index contributed by atoms with van der Waals surface area (Å²) < 4.78 is 39.6. The fourth-order valence-electron chi connectivity index (χ4n) is 4.06. The Morgan fingerprint density at radius 1 is 0.975 bits per heavy atom. The highest BCUT2D eigenvalue weighted by atomic mass is 35.5. The summed E-state index contributed by atoms with van der Waals surface area (Å²) >= 11 is 6.37. The molecule has 0 aliphatic carbocycles. The number of ether oxygens (including phenoxy) is 2. The van der Waals surface area contributed by atoms with Gasteiger partial charge in [-0.15, -0.1) is 0 Å². The van der Waals surface area contributed by atoms with Crippen LogP contribution < -0.4 is 19.1 Å². The molecule has 0 aliphatic heterocycles. The van der Waals surface area contributed by atoms with Crippen molar-refractivity contribution in [3.05, 3.63) is 82.9 Å². The molecule has 0 aromatic heterocycles. The van der Waals surface area contributed by atoms with Gasteiger partial charge < -0.3 is 19.7 Å². The molecule has 2 amide bonds. The molecule has 1 unspecified atom stereocenters. The van der Waals surface area contributed by atoms with Crippen molar-refractivity contribution in [3.8, 4) is 11.5 Å². The molecule has 0 heterocycles. The lowest BCUT2D eigenvalue weighted by Gasteiger charge is -2.32. The van der Waals surface area contributed by atoms with E-state index in [1.807, 2.05) is 6.92 Å². The maximum Gasteiger partial charge on any atom is 0.264 e. The summed E-state index contributed by atoms with van der Waals surface area (Å²) in [5.41, 5.74) is 1.83. The minimum Gasteiger partial charge on any atom is -0.493 e. The number of carbonyl (C=O) groups excluding carboxylic acids is 2. The number of sulfonamides is 1. The summed E-state index contributed by atoms with van der Waals surface area (Å²) in [5.74, 6) is -0.360. The van der Waals surface area contributed by atoms with Crippen LogP contribution in [0.1, 0.15) is 25.0 Å². The summed E-state index contributed by atoms with van der Waals surface area (Å²) in [6, 6.07) is 17.1. The SMILES string of the molecule is CCNC(=O)C(C)N(Cc1ccccc1Cl)C(=O)CN(c1ccc(C)cc1)S(=O)(=O)c1ccc(OC)c(OC)c1. The number of aryl methyl sites for hydroxylation is 1. The van der Waals surface area contributed by atoms with E-state index in [2.05, 4.69) is 5.32 Å². The van der Waals surface area contributed by atoms with E-state index in [0.717, 1.165) is 9.87 Å². The zero-order valence-electron chi connectivity index (χ0n) is 23.2. The van der Waals surface area contributed by atoms with Crippen LogP contribution in [0.25, 0.3) is 0 Å². The molecule has 3 aromatic carbocycles. The molecular weight excluding hydrogens is 554 g/mol. The first-order valence-electron chi connectivity index (χ1n) is 12.7. The van der Waals surface area contributed by atoms with E-state index < -0.39 is 28.5 Å². The molecule has 11 heteroatoms. The van der Waals surface area contributed by atoms with Gasteiger partial charge >= 0.3 is 0 Å². The Bertz CT molecular complexity index is 1450. The summed E-state index contributed by atoms with van der Waals surface area (Å²) in [6.45, 7) is 5.07. The first-order chi connectivity index (χ1) is 19.0. The van der Waals surface area contributed by atoms with E-state index in [9.17, 15) is 18.0 Å². The topological polar surface area (TPSA) is 105 Å². The number of methoxy groups -OCH3 is 2. The predicted octanol–water partition coefficient (Wildman–Crippen LogP) is 4.41. The standard InChI is InChI=1S/C29H34ClN3O6S/c1-6-31-29(35)21(3)32(18-22-9-7-8-10-25(22)30)28(34)19-33(23-13-11-20(2)12-14-23)40(36,37)24-15-16-26(38-4)27(17-24)39-5/h7-17,21H,6,18-19H2,1-5H3,(H,31,35). The third kappa shape index (κ3) is 7.05. The molecule has 40 heavy (non-hydrogen) atoms. The lowest BCUT2D eigenvalue weighted by atomic mass is 10.1. The van der Waals surface area contributed by atoms with Gasteiger partial charge in [-0.2, -0.15) is 0 Å².